The van der Waals surface area contributed by atoms with Gasteiger partial charge in [-0.2, -0.15) is 0 Å². The molecule has 0 radical (unpaired) electrons. The van der Waals surface area contributed by atoms with Crippen LogP contribution < -0.4 is 11.1 Å². The van der Waals surface area contributed by atoms with Gasteiger partial charge in [0, 0.05) is 25.7 Å². The molecule has 4 nitrogen and oxygen atoms in total. The molecule has 0 aromatic carbocycles. The Bertz CT molecular complexity index is 228. The zero-order valence-electron chi connectivity index (χ0n) is 9.24. The monoisotopic (exact) mass is 211 g/mol. The van der Waals surface area contributed by atoms with E-state index < -0.39 is 0 Å². The molecule has 1 saturated carbocycles. The van der Waals surface area contributed by atoms with Gasteiger partial charge in [0.25, 0.3) is 0 Å². The van der Waals surface area contributed by atoms with Crippen LogP contribution in [0.1, 0.15) is 25.7 Å². The number of amides is 1. The van der Waals surface area contributed by atoms with Crippen LogP contribution in [0.2, 0.25) is 0 Å². The average Bonchev–Trinajstić information content (AvgIpc) is 2.48. The lowest BCUT2D eigenvalue weighted by molar-refractivity contribution is -0.122. The van der Waals surface area contributed by atoms with Gasteiger partial charge in [0.15, 0.2) is 0 Å². The van der Waals surface area contributed by atoms with Crippen molar-refractivity contribution >= 4 is 5.91 Å². The van der Waals surface area contributed by atoms with Crippen LogP contribution in [0.25, 0.3) is 0 Å². The maximum atomic E-state index is 11.6. The van der Waals surface area contributed by atoms with Crippen molar-refractivity contribution in [3.63, 3.8) is 0 Å². The Morgan fingerprint density at radius 3 is 2.73 bits per heavy atom. The van der Waals surface area contributed by atoms with Crippen LogP contribution >= 0.6 is 0 Å². The lowest BCUT2D eigenvalue weighted by atomic mass is 9.85. The molecule has 0 aromatic heterocycles. The molecule has 1 heterocycles. The summed E-state index contributed by atoms with van der Waals surface area (Å²) < 4.78 is 0. The molecule has 4 heteroatoms. The Kier molecular flexibility index (Phi) is 3.59. The highest BCUT2D eigenvalue weighted by Crippen LogP contribution is 2.25. The Morgan fingerprint density at radius 2 is 2.20 bits per heavy atom. The highest BCUT2D eigenvalue weighted by Gasteiger charge is 2.22. The van der Waals surface area contributed by atoms with Gasteiger partial charge in [0.05, 0.1) is 6.54 Å². The topological polar surface area (TPSA) is 58.4 Å². The number of likely N-dealkylation sites (tertiary alicyclic amines) is 1. The minimum atomic E-state index is 0.163. The third-order valence-corrected chi connectivity index (χ3v) is 3.49. The van der Waals surface area contributed by atoms with Crippen molar-refractivity contribution in [1.29, 1.82) is 0 Å². The number of nitrogens with zero attached hydrogens (tertiary/aromatic N) is 1. The van der Waals surface area contributed by atoms with Gasteiger partial charge in [0.2, 0.25) is 5.91 Å². The molecule has 15 heavy (non-hydrogen) atoms. The average molecular weight is 211 g/mol. The first kappa shape index (κ1) is 10.9. The molecule has 0 bridgehead atoms. The third kappa shape index (κ3) is 3.18. The second-order valence-corrected chi connectivity index (χ2v) is 4.88. The van der Waals surface area contributed by atoms with Crippen molar-refractivity contribution in [2.45, 2.75) is 31.7 Å². The fraction of sp³-hybridized carbons (Fsp3) is 0.909. The van der Waals surface area contributed by atoms with E-state index in [-0.39, 0.29) is 11.9 Å². The quantitative estimate of drug-likeness (QED) is 0.684. The Hall–Kier alpha value is -0.610. The number of hydrogen-bond acceptors (Lipinski definition) is 3. The second-order valence-electron chi connectivity index (χ2n) is 4.88. The van der Waals surface area contributed by atoms with E-state index in [0.29, 0.717) is 6.54 Å². The van der Waals surface area contributed by atoms with Crippen LogP contribution in [0.4, 0.5) is 0 Å². The molecule has 0 spiro atoms. The van der Waals surface area contributed by atoms with Gasteiger partial charge in [-0.3, -0.25) is 9.69 Å². The van der Waals surface area contributed by atoms with Crippen LogP contribution in [0.5, 0.6) is 0 Å². The van der Waals surface area contributed by atoms with E-state index in [1.165, 1.54) is 19.3 Å². The van der Waals surface area contributed by atoms with E-state index in [9.17, 15) is 4.79 Å². The minimum Gasteiger partial charge on any atom is -0.355 e. The number of nitrogens with two attached hydrogens (primary N) is 1. The first-order valence-electron chi connectivity index (χ1n) is 5.98. The second kappa shape index (κ2) is 4.94. The van der Waals surface area contributed by atoms with Crippen molar-refractivity contribution in [1.82, 2.24) is 10.2 Å². The highest BCUT2D eigenvalue weighted by molar-refractivity contribution is 5.78. The summed E-state index contributed by atoms with van der Waals surface area (Å²) in [6.07, 6.45) is 4.93. The molecule has 2 rings (SSSR count). The first-order chi connectivity index (χ1) is 7.24. The molecule has 1 atom stereocenters. The first-order valence-corrected chi connectivity index (χ1v) is 5.98. The normalized spacial score (nSPS) is 27.7. The van der Waals surface area contributed by atoms with Crippen LogP contribution in [0.15, 0.2) is 0 Å². The number of nitrogens with one attached hydrogen (secondary N) is 1. The van der Waals surface area contributed by atoms with Crippen molar-refractivity contribution in [2.75, 3.05) is 26.2 Å². The molecule has 1 aliphatic heterocycles. The van der Waals surface area contributed by atoms with Crippen molar-refractivity contribution < 1.29 is 4.79 Å². The van der Waals surface area contributed by atoms with Gasteiger partial charge in [0.1, 0.15) is 0 Å². The van der Waals surface area contributed by atoms with Gasteiger partial charge in [-0.25, -0.2) is 0 Å². The van der Waals surface area contributed by atoms with Gasteiger partial charge in [-0.15, -0.1) is 0 Å². The van der Waals surface area contributed by atoms with Crippen LogP contribution in [0, 0.1) is 5.92 Å². The third-order valence-electron chi connectivity index (χ3n) is 3.49. The molecule has 0 unspecified atom stereocenters. The SMILES string of the molecule is N[C@@H]1CCN(CC(=O)NCC2CCC2)C1. The van der Waals surface area contributed by atoms with Crippen LogP contribution in [0.3, 0.4) is 0 Å². The predicted octanol–water partition coefficient (Wildman–Crippen LogP) is -0.0643. The Balaban J connectivity index is 1.59. The molecule has 2 aliphatic rings. The number of carbonyl (C=O) groups is 1. The van der Waals surface area contributed by atoms with Crippen LogP contribution in [-0.2, 0) is 4.79 Å². The standard InChI is InChI=1S/C11H21N3O/c12-10-4-5-14(7-10)8-11(15)13-6-9-2-1-3-9/h9-10H,1-8,12H2,(H,13,15)/t10-/m1/s1. The van der Waals surface area contributed by atoms with E-state index in [1.54, 1.807) is 0 Å². The summed E-state index contributed by atoms with van der Waals surface area (Å²) in [4.78, 5) is 13.7. The van der Waals surface area contributed by atoms with Gasteiger partial charge in [-0.1, -0.05) is 6.42 Å². The summed E-state index contributed by atoms with van der Waals surface area (Å²) in [5.41, 5.74) is 5.78. The minimum absolute atomic E-state index is 0.163. The fourth-order valence-electron chi connectivity index (χ4n) is 2.22. The molecule has 3 N–H and O–H groups in total. The summed E-state index contributed by atoms with van der Waals surface area (Å²) in [6, 6.07) is 0.268. The molecule has 0 aromatic rings. The molecule has 86 valence electrons. The van der Waals surface area contributed by atoms with Gasteiger partial charge < -0.3 is 11.1 Å². The zero-order chi connectivity index (χ0) is 10.7. The summed E-state index contributed by atoms with van der Waals surface area (Å²) in [7, 11) is 0. The van der Waals surface area contributed by atoms with E-state index in [1.807, 2.05) is 0 Å². The van der Waals surface area contributed by atoms with E-state index in [2.05, 4.69) is 10.2 Å². The molecular weight excluding hydrogens is 190 g/mol. The molecular formula is C11H21N3O. The molecule has 1 saturated heterocycles. The van der Waals surface area contributed by atoms with Gasteiger partial charge in [-0.05, 0) is 25.2 Å². The Morgan fingerprint density at radius 1 is 1.40 bits per heavy atom. The summed E-state index contributed by atoms with van der Waals surface area (Å²) in [5.74, 6) is 0.908. The smallest absolute Gasteiger partial charge is 0.234 e. The molecule has 1 aliphatic carbocycles. The van der Waals surface area contributed by atoms with E-state index >= 15 is 0 Å². The number of carbonyl (C=O) groups excluding carboxylic acids is 1. The lowest BCUT2D eigenvalue weighted by Crippen LogP contribution is -2.40. The maximum absolute atomic E-state index is 11.6. The summed E-state index contributed by atoms with van der Waals surface area (Å²) in [5, 5.41) is 3.00. The number of rotatable bonds is 4. The van der Waals surface area contributed by atoms with Crippen LogP contribution in [-0.4, -0.2) is 43.0 Å². The Labute approximate surface area is 91.2 Å². The molecule has 2 fully saturated rings. The van der Waals surface area contributed by atoms with Crippen molar-refractivity contribution in [3.05, 3.63) is 0 Å². The fourth-order valence-corrected chi connectivity index (χ4v) is 2.22. The van der Waals surface area contributed by atoms with Gasteiger partial charge >= 0.3 is 0 Å². The predicted molar refractivity (Wildman–Crippen MR) is 59.4 cm³/mol. The van der Waals surface area contributed by atoms with Crippen molar-refractivity contribution in [3.8, 4) is 0 Å². The molecule has 1 amide bonds. The lowest BCUT2D eigenvalue weighted by Gasteiger charge is -2.25. The summed E-state index contributed by atoms with van der Waals surface area (Å²) in [6.45, 7) is 3.24. The number of hydrogen-bond donors (Lipinski definition) is 2. The highest BCUT2D eigenvalue weighted by atomic mass is 16.2. The van der Waals surface area contributed by atoms with Crippen molar-refractivity contribution in [2.24, 2.45) is 11.7 Å². The maximum Gasteiger partial charge on any atom is 0.234 e. The van der Waals surface area contributed by atoms with E-state index in [0.717, 1.165) is 32.0 Å². The summed E-state index contributed by atoms with van der Waals surface area (Å²) >= 11 is 0. The largest absolute Gasteiger partial charge is 0.355 e. The zero-order valence-corrected chi connectivity index (χ0v) is 9.24. The van der Waals surface area contributed by atoms with E-state index in [4.69, 9.17) is 5.73 Å².